The summed E-state index contributed by atoms with van der Waals surface area (Å²) >= 11 is 0. The molecule has 1 aromatic carbocycles. The molecule has 7 nitrogen and oxygen atoms in total. The number of nitrogens with zero attached hydrogens (tertiary/aromatic N) is 4. The van der Waals surface area contributed by atoms with Gasteiger partial charge in [0.15, 0.2) is 5.82 Å². The molecule has 0 atom stereocenters. The molecule has 0 aliphatic carbocycles. The molecule has 2 N–H and O–H groups in total. The van der Waals surface area contributed by atoms with E-state index in [1.807, 2.05) is 54.3 Å². The lowest BCUT2D eigenvalue weighted by Gasteiger charge is -2.26. The average molecular weight is 364 g/mol. The molecule has 3 heterocycles. The lowest BCUT2D eigenvalue weighted by Crippen LogP contribution is -2.45. The maximum atomic E-state index is 12.8. The fourth-order valence-corrected chi connectivity index (χ4v) is 3.37. The van der Waals surface area contributed by atoms with Crippen LogP contribution in [0, 0.1) is 0 Å². The summed E-state index contributed by atoms with van der Waals surface area (Å²) in [6, 6.07) is 9.54. The average Bonchev–Trinajstić information content (AvgIpc) is 3.13. The number of piperidine rings is 1. The Morgan fingerprint density at radius 3 is 2.78 bits per heavy atom. The number of para-hydroxylation sites is 1. The second-order valence-electron chi connectivity index (χ2n) is 7.07. The van der Waals surface area contributed by atoms with Crippen LogP contribution in [-0.4, -0.2) is 53.1 Å². The van der Waals surface area contributed by atoms with Gasteiger partial charge in [0.05, 0.1) is 11.1 Å². The van der Waals surface area contributed by atoms with E-state index in [9.17, 15) is 4.79 Å². The lowest BCUT2D eigenvalue weighted by molar-refractivity contribution is 0.0751. The predicted octanol–water partition coefficient (Wildman–Crippen LogP) is 2.82. The van der Waals surface area contributed by atoms with Crippen molar-refractivity contribution < 1.29 is 4.79 Å². The van der Waals surface area contributed by atoms with E-state index in [2.05, 4.69) is 20.4 Å². The fraction of sp³-hybridized carbons (Fsp3) is 0.350. The number of benzene rings is 1. The molecule has 0 bridgehead atoms. The Balaban J connectivity index is 1.66. The van der Waals surface area contributed by atoms with Crippen LogP contribution in [0.2, 0.25) is 0 Å². The third-order valence-electron chi connectivity index (χ3n) is 4.88. The summed E-state index contributed by atoms with van der Waals surface area (Å²) in [5, 5.41) is 2.00. The Bertz CT molecular complexity index is 958. The van der Waals surface area contributed by atoms with E-state index in [-0.39, 0.29) is 5.91 Å². The quantitative estimate of drug-likeness (QED) is 0.744. The normalized spacial score (nSPS) is 15.0. The number of hydrogen-bond donors (Lipinski definition) is 2. The molecule has 1 amide bonds. The lowest BCUT2D eigenvalue weighted by atomic mass is 10.1. The Labute approximate surface area is 158 Å². The van der Waals surface area contributed by atoms with Crippen molar-refractivity contribution in [3.05, 3.63) is 42.1 Å². The summed E-state index contributed by atoms with van der Waals surface area (Å²) < 4.78 is 0. The number of fused-ring (bicyclic) bond motifs is 1. The molecular formula is C20H24N6O. The summed E-state index contributed by atoms with van der Waals surface area (Å²) in [6.07, 6.45) is 5.22. The smallest absolute Gasteiger partial charge is 0.267 e. The molecule has 2 aromatic heterocycles. The first-order valence-electron chi connectivity index (χ1n) is 9.30. The Morgan fingerprint density at radius 2 is 2.00 bits per heavy atom. The number of nitrogens with one attached hydrogen (secondary N) is 2. The Morgan fingerprint density at radius 1 is 1.19 bits per heavy atom. The molecule has 140 valence electrons. The van der Waals surface area contributed by atoms with Gasteiger partial charge in [-0.05, 0) is 37.1 Å². The number of imidazole rings is 1. The van der Waals surface area contributed by atoms with Crippen molar-refractivity contribution in [2.24, 2.45) is 0 Å². The van der Waals surface area contributed by atoms with Crippen molar-refractivity contribution in [2.75, 3.05) is 32.1 Å². The van der Waals surface area contributed by atoms with E-state index in [1.54, 1.807) is 6.20 Å². The first-order chi connectivity index (χ1) is 13.1. The molecule has 4 rings (SSSR count). The standard InChI is InChI=1S/C20H24N6O/c1-25(2)14-9-10-21-17(13-14)19-22-16-8-6-7-15(18(16)23-19)20(27)24-26-11-4-3-5-12-26/h6-10,13H,3-5,11-12H2,1-2H3,(H,22,23)(H,24,27). The fourth-order valence-electron chi connectivity index (χ4n) is 3.37. The maximum absolute atomic E-state index is 12.8. The van der Waals surface area contributed by atoms with Crippen LogP contribution in [0.25, 0.3) is 22.6 Å². The largest absolute Gasteiger partial charge is 0.378 e. The highest BCUT2D eigenvalue weighted by molar-refractivity contribution is 6.05. The monoisotopic (exact) mass is 364 g/mol. The van der Waals surface area contributed by atoms with Crippen molar-refractivity contribution in [1.82, 2.24) is 25.4 Å². The minimum absolute atomic E-state index is 0.115. The van der Waals surface area contributed by atoms with Crippen LogP contribution in [-0.2, 0) is 0 Å². The molecule has 3 aromatic rings. The summed E-state index contributed by atoms with van der Waals surface area (Å²) in [7, 11) is 3.97. The zero-order valence-corrected chi connectivity index (χ0v) is 15.7. The van der Waals surface area contributed by atoms with Crippen molar-refractivity contribution >= 4 is 22.6 Å². The molecule has 1 aliphatic rings. The van der Waals surface area contributed by atoms with Crippen LogP contribution in [0.15, 0.2) is 36.5 Å². The number of hydrazine groups is 1. The van der Waals surface area contributed by atoms with Gasteiger partial charge in [0, 0.05) is 39.1 Å². The van der Waals surface area contributed by atoms with Crippen LogP contribution >= 0.6 is 0 Å². The molecule has 7 heteroatoms. The number of rotatable bonds is 4. The summed E-state index contributed by atoms with van der Waals surface area (Å²) in [5.41, 5.74) is 6.88. The molecular weight excluding hydrogens is 340 g/mol. The second kappa shape index (κ2) is 7.36. The van der Waals surface area contributed by atoms with Crippen molar-refractivity contribution in [3.63, 3.8) is 0 Å². The SMILES string of the molecule is CN(C)c1ccnc(-c2nc3c(C(=O)NN4CCCCC4)cccc3[nH]2)c1. The van der Waals surface area contributed by atoms with Gasteiger partial charge in [-0.15, -0.1) is 0 Å². The van der Waals surface area contributed by atoms with Gasteiger partial charge in [-0.25, -0.2) is 9.99 Å². The van der Waals surface area contributed by atoms with Gasteiger partial charge < -0.3 is 9.88 Å². The van der Waals surface area contributed by atoms with E-state index < -0.39 is 0 Å². The number of anilines is 1. The van der Waals surface area contributed by atoms with Crippen molar-refractivity contribution in [2.45, 2.75) is 19.3 Å². The van der Waals surface area contributed by atoms with Crippen molar-refractivity contribution in [1.29, 1.82) is 0 Å². The molecule has 0 spiro atoms. The van der Waals surface area contributed by atoms with E-state index in [1.165, 1.54) is 6.42 Å². The third-order valence-corrected chi connectivity index (χ3v) is 4.88. The Hall–Kier alpha value is -2.93. The number of aromatic nitrogens is 3. The highest BCUT2D eigenvalue weighted by Crippen LogP contribution is 2.24. The topological polar surface area (TPSA) is 77.2 Å². The zero-order chi connectivity index (χ0) is 18.8. The second-order valence-corrected chi connectivity index (χ2v) is 7.07. The van der Waals surface area contributed by atoms with Crippen LogP contribution in [0.1, 0.15) is 29.6 Å². The van der Waals surface area contributed by atoms with Gasteiger partial charge in [0.1, 0.15) is 11.2 Å². The molecule has 0 unspecified atom stereocenters. The van der Waals surface area contributed by atoms with E-state index in [0.29, 0.717) is 16.9 Å². The van der Waals surface area contributed by atoms with Gasteiger partial charge in [-0.3, -0.25) is 15.2 Å². The first-order valence-corrected chi connectivity index (χ1v) is 9.30. The van der Waals surface area contributed by atoms with Crippen LogP contribution < -0.4 is 10.3 Å². The highest BCUT2D eigenvalue weighted by Gasteiger charge is 2.18. The summed E-state index contributed by atoms with van der Waals surface area (Å²) in [5.74, 6) is 0.544. The van der Waals surface area contributed by atoms with Gasteiger partial charge in [-0.2, -0.15) is 0 Å². The molecule has 27 heavy (non-hydrogen) atoms. The number of H-pyrrole nitrogens is 1. The first kappa shape index (κ1) is 17.5. The van der Waals surface area contributed by atoms with E-state index in [0.717, 1.165) is 42.8 Å². The molecule has 1 saturated heterocycles. The third kappa shape index (κ3) is 3.64. The highest BCUT2D eigenvalue weighted by atomic mass is 16.2. The van der Waals surface area contributed by atoms with Gasteiger partial charge >= 0.3 is 0 Å². The Kier molecular flexibility index (Phi) is 4.77. The summed E-state index contributed by atoms with van der Waals surface area (Å²) in [4.78, 5) is 27.2. The molecule has 0 radical (unpaired) electrons. The number of amides is 1. The zero-order valence-electron chi connectivity index (χ0n) is 15.7. The number of pyridine rings is 1. The summed E-state index contributed by atoms with van der Waals surface area (Å²) in [6.45, 7) is 1.80. The minimum Gasteiger partial charge on any atom is -0.378 e. The minimum atomic E-state index is -0.115. The van der Waals surface area contributed by atoms with Crippen LogP contribution in [0.4, 0.5) is 5.69 Å². The van der Waals surface area contributed by atoms with E-state index in [4.69, 9.17) is 0 Å². The van der Waals surface area contributed by atoms with Gasteiger partial charge in [0.2, 0.25) is 0 Å². The van der Waals surface area contributed by atoms with E-state index >= 15 is 0 Å². The molecule has 1 aliphatic heterocycles. The number of hydrogen-bond acceptors (Lipinski definition) is 5. The van der Waals surface area contributed by atoms with Crippen molar-refractivity contribution in [3.8, 4) is 11.5 Å². The van der Waals surface area contributed by atoms with Crippen LogP contribution in [0.5, 0.6) is 0 Å². The number of carbonyl (C=O) groups excluding carboxylic acids is 1. The molecule has 0 saturated carbocycles. The van der Waals surface area contributed by atoms with Gasteiger partial charge in [0.25, 0.3) is 5.91 Å². The maximum Gasteiger partial charge on any atom is 0.267 e. The molecule has 1 fully saturated rings. The van der Waals surface area contributed by atoms with Crippen LogP contribution in [0.3, 0.4) is 0 Å². The number of carbonyl (C=O) groups is 1. The predicted molar refractivity (Wildman–Crippen MR) is 107 cm³/mol. The number of aromatic amines is 1. The van der Waals surface area contributed by atoms with Gasteiger partial charge in [-0.1, -0.05) is 12.5 Å².